The molecule has 1 aliphatic rings. The third-order valence-electron chi connectivity index (χ3n) is 3.52. The first-order valence-electron chi connectivity index (χ1n) is 8.14. The molecule has 2 amide bonds. The lowest BCUT2D eigenvalue weighted by Gasteiger charge is -2.28. The average molecular weight is 332 g/mol. The van der Waals surface area contributed by atoms with Crippen LogP contribution in [0.1, 0.15) is 45.7 Å². The normalized spacial score (nSPS) is 17.4. The molecule has 0 fully saturated rings. The molecule has 0 unspecified atom stereocenters. The van der Waals surface area contributed by atoms with Gasteiger partial charge in [-0.1, -0.05) is 19.1 Å². The molecule has 0 radical (unpaired) electrons. The number of hydrogen-bond donors (Lipinski definition) is 2. The van der Waals surface area contributed by atoms with Crippen LogP contribution in [0.3, 0.4) is 0 Å². The molecule has 6 heteroatoms. The van der Waals surface area contributed by atoms with Crippen molar-refractivity contribution >= 4 is 12.0 Å². The molecule has 6 nitrogen and oxygen atoms in total. The monoisotopic (exact) mass is 332 g/mol. The maximum Gasteiger partial charge on any atom is 0.338 e. The standard InChI is InChI=1S/C18H24N2O4/c1-5-10-23-14-8-6-13(7-9-14)16-15(17(21)24-11(2)3)12(4)19-18(22)20-16/h6-9,11,16H,5,10H2,1-4H3,(H2,19,20,22)/t16-/m1/s1. The van der Waals surface area contributed by atoms with E-state index >= 15 is 0 Å². The molecular formula is C18H24N2O4. The van der Waals surface area contributed by atoms with Crippen LogP contribution in [-0.4, -0.2) is 24.7 Å². The molecule has 1 aromatic rings. The van der Waals surface area contributed by atoms with Gasteiger partial charge in [0.25, 0.3) is 0 Å². The van der Waals surface area contributed by atoms with Gasteiger partial charge in [-0.05, 0) is 44.9 Å². The fraction of sp³-hybridized carbons (Fsp3) is 0.444. The van der Waals surface area contributed by atoms with E-state index in [1.807, 2.05) is 31.2 Å². The van der Waals surface area contributed by atoms with Crippen LogP contribution in [0.4, 0.5) is 4.79 Å². The highest BCUT2D eigenvalue weighted by molar-refractivity contribution is 5.95. The molecule has 130 valence electrons. The van der Waals surface area contributed by atoms with Crippen molar-refractivity contribution < 1.29 is 19.1 Å². The number of allylic oxidation sites excluding steroid dienone is 1. The number of benzene rings is 1. The van der Waals surface area contributed by atoms with E-state index in [4.69, 9.17) is 9.47 Å². The number of ether oxygens (including phenoxy) is 2. The molecule has 24 heavy (non-hydrogen) atoms. The van der Waals surface area contributed by atoms with Crippen molar-refractivity contribution in [1.82, 2.24) is 10.6 Å². The summed E-state index contributed by atoms with van der Waals surface area (Å²) in [6, 6.07) is 6.46. The largest absolute Gasteiger partial charge is 0.494 e. The van der Waals surface area contributed by atoms with Crippen molar-refractivity contribution in [3.05, 3.63) is 41.1 Å². The Labute approximate surface area is 142 Å². The zero-order valence-corrected chi connectivity index (χ0v) is 14.5. The minimum atomic E-state index is -0.551. The van der Waals surface area contributed by atoms with Crippen LogP contribution in [0.25, 0.3) is 0 Å². The van der Waals surface area contributed by atoms with E-state index in [2.05, 4.69) is 10.6 Å². The Morgan fingerprint density at radius 2 is 1.92 bits per heavy atom. The van der Waals surface area contributed by atoms with Crippen LogP contribution in [-0.2, 0) is 9.53 Å². The molecule has 0 spiro atoms. The summed E-state index contributed by atoms with van der Waals surface area (Å²) >= 11 is 0. The maximum absolute atomic E-state index is 12.4. The molecular weight excluding hydrogens is 308 g/mol. The number of carbonyl (C=O) groups excluding carboxylic acids is 2. The van der Waals surface area contributed by atoms with Crippen molar-refractivity contribution in [2.45, 2.75) is 46.3 Å². The predicted molar refractivity (Wildman–Crippen MR) is 90.6 cm³/mol. The molecule has 1 aliphatic heterocycles. The Morgan fingerprint density at radius 1 is 1.25 bits per heavy atom. The minimum Gasteiger partial charge on any atom is -0.494 e. The van der Waals surface area contributed by atoms with Crippen molar-refractivity contribution in [2.24, 2.45) is 0 Å². The molecule has 1 aromatic carbocycles. The van der Waals surface area contributed by atoms with Gasteiger partial charge in [0, 0.05) is 5.70 Å². The predicted octanol–water partition coefficient (Wildman–Crippen LogP) is 3.05. The van der Waals surface area contributed by atoms with Gasteiger partial charge in [0.05, 0.1) is 24.3 Å². The van der Waals surface area contributed by atoms with Gasteiger partial charge in [-0.25, -0.2) is 9.59 Å². The fourth-order valence-corrected chi connectivity index (χ4v) is 2.47. The van der Waals surface area contributed by atoms with Crippen molar-refractivity contribution in [2.75, 3.05) is 6.61 Å². The fourth-order valence-electron chi connectivity index (χ4n) is 2.47. The van der Waals surface area contributed by atoms with Gasteiger partial charge in [-0.2, -0.15) is 0 Å². The first kappa shape index (κ1) is 17.8. The summed E-state index contributed by atoms with van der Waals surface area (Å²) < 4.78 is 10.9. The Kier molecular flexibility index (Phi) is 5.84. The van der Waals surface area contributed by atoms with Gasteiger partial charge in [0.15, 0.2) is 0 Å². The van der Waals surface area contributed by atoms with Crippen LogP contribution < -0.4 is 15.4 Å². The quantitative estimate of drug-likeness (QED) is 0.785. The van der Waals surface area contributed by atoms with E-state index in [1.54, 1.807) is 20.8 Å². The molecule has 0 saturated carbocycles. The Hall–Kier alpha value is -2.50. The van der Waals surface area contributed by atoms with Crippen molar-refractivity contribution in [3.8, 4) is 5.75 Å². The third-order valence-corrected chi connectivity index (χ3v) is 3.52. The van der Waals surface area contributed by atoms with E-state index in [0.717, 1.165) is 17.7 Å². The number of hydrogen-bond acceptors (Lipinski definition) is 4. The third kappa shape index (κ3) is 4.28. The highest BCUT2D eigenvalue weighted by atomic mass is 16.5. The Balaban J connectivity index is 2.29. The van der Waals surface area contributed by atoms with Crippen LogP contribution in [0.5, 0.6) is 5.75 Å². The summed E-state index contributed by atoms with van der Waals surface area (Å²) in [7, 11) is 0. The van der Waals surface area contributed by atoms with Crippen LogP contribution >= 0.6 is 0 Å². The number of amides is 2. The van der Waals surface area contributed by atoms with Gasteiger partial charge in [-0.3, -0.25) is 0 Å². The lowest BCUT2D eigenvalue weighted by Crippen LogP contribution is -2.45. The number of esters is 1. The van der Waals surface area contributed by atoms with Crippen molar-refractivity contribution in [1.29, 1.82) is 0 Å². The summed E-state index contributed by atoms with van der Waals surface area (Å²) in [6.07, 6.45) is 0.695. The second kappa shape index (κ2) is 7.86. The van der Waals surface area contributed by atoms with Gasteiger partial charge in [0.1, 0.15) is 5.75 Å². The van der Waals surface area contributed by atoms with Crippen LogP contribution in [0, 0.1) is 0 Å². The molecule has 1 atom stereocenters. The topological polar surface area (TPSA) is 76.7 Å². The van der Waals surface area contributed by atoms with Gasteiger partial charge >= 0.3 is 12.0 Å². The lowest BCUT2D eigenvalue weighted by atomic mass is 9.95. The molecule has 0 saturated heterocycles. The van der Waals surface area contributed by atoms with Gasteiger partial charge in [0.2, 0.25) is 0 Å². The lowest BCUT2D eigenvalue weighted by molar-refractivity contribution is -0.143. The smallest absolute Gasteiger partial charge is 0.338 e. The molecule has 0 bridgehead atoms. The SMILES string of the molecule is CCCOc1ccc([C@H]2NC(=O)NC(C)=C2C(=O)OC(C)C)cc1. The molecule has 2 N–H and O–H groups in total. The minimum absolute atomic E-state index is 0.235. The molecule has 1 heterocycles. The number of rotatable bonds is 6. The first-order valence-corrected chi connectivity index (χ1v) is 8.14. The summed E-state index contributed by atoms with van der Waals surface area (Å²) in [6.45, 7) is 7.96. The van der Waals surface area contributed by atoms with Crippen LogP contribution in [0.15, 0.2) is 35.5 Å². The van der Waals surface area contributed by atoms with E-state index in [-0.39, 0.29) is 12.1 Å². The summed E-state index contributed by atoms with van der Waals surface area (Å²) in [5.41, 5.74) is 1.70. The van der Waals surface area contributed by atoms with E-state index in [0.29, 0.717) is 17.9 Å². The summed E-state index contributed by atoms with van der Waals surface area (Å²) in [5.74, 6) is 0.319. The van der Waals surface area contributed by atoms with Gasteiger partial charge in [-0.15, -0.1) is 0 Å². The highest BCUT2D eigenvalue weighted by Crippen LogP contribution is 2.29. The number of urea groups is 1. The maximum atomic E-state index is 12.4. The van der Waals surface area contributed by atoms with Crippen molar-refractivity contribution in [3.63, 3.8) is 0 Å². The first-order chi connectivity index (χ1) is 11.4. The molecule has 0 aliphatic carbocycles. The average Bonchev–Trinajstić information content (AvgIpc) is 2.51. The summed E-state index contributed by atoms with van der Waals surface area (Å²) in [4.78, 5) is 24.2. The Bertz CT molecular complexity index is 635. The van der Waals surface area contributed by atoms with E-state index in [1.165, 1.54) is 0 Å². The zero-order chi connectivity index (χ0) is 17.7. The summed E-state index contributed by atoms with van der Waals surface area (Å²) in [5, 5.41) is 5.41. The Morgan fingerprint density at radius 3 is 2.50 bits per heavy atom. The zero-order valence-electron chi connectivity index (χ0n) is 14.5. The highest BCUT2D eigenvalue weighted by Gasteiger charge is 2.32. The molecule has 2 rings (SSSR count). The van der Waals surface area contributed by atoms with Crippen LogP contribution in [0.2, 0.25) is 0 Å². The van der Waals surface area contributed by atoms with E-state index in [9.17, 15) is 9.59 Å². The second-order valence-electron chi connectivity index (χ2n) is 5.94. The number of nitrogens with one attached hydrogen (secondary N) is 2. The number of carbonyl (C=O) groups is 2. The molecule has 0 aromatic heterocycles. The van der Waals surface area contributed by atoms with Gasteiger partial charge < -0.3 is 20.1 Å². The second-order valence-corrected chi connectivity index (χ2v) is 5.94. The van der Waals surface area contributed by atoms with E-state index < -0.39 is 12.0 Å².